The van der Waals surface area contributed by atoms with Crippen LogP contribution in [-0.4, -0.2) is 15.0 Å². The third-order valence-electron chi connectivity index (χ3n) is 2.62. The van der Waals surface area contributed by atoms with Gasteiger partial charge in [-0.3, -0.25) is 0 Å². The molecule has 3 N–H and O–H groups in total. The van der Waals surface area contributed by atoms with E-state index in [0.717, 1.165) is 16.6 Å². The molecule has 0 aliphatic rings. The van der Waals surface area contributed by atoms with E-state index in [1.165, 1.54) is 6.33 Å². The zero-order chi connectivity index (χ0) is 11.8. The number of hydrogen-bond donors (Lipinski definition) is 2. The molecule has 0 atom stereocenters. The van der Waals surface area contributed by atoms with Gasteiger partial charge in [-0.15, -0.1) is 0 Å². The SMILES string of the molecule is Nc1c(Cl)ncnc1-c1cc2ccccc2[nH]1. The number of nitrogens with two attached hydrogens (primary N) is 1. The second kappa shape index (κ2) is 3.75. The molecule has 0 bridgehead atoms. The highest BCUT2D eigenvalue weighted by molar-refractivity contribution is 6.32. The topological polar surface area (TPSA) is 67.6 Å². The van der Waals surface area contributed by atoms with Crippen molar-refractivity contribution in [3.05, 3.63) is 41.8 Å². The summed E-state index contributed by atoms with van der Waals surface area (Å²) >= 11 is 5.87. The van der Waals surface area contributed by atoms with E-state index in [1.807, 2.05) is 30.3 Å². The lowest BCUT2D eigenvalue weighted by molar-refractivity contribution is 1.17. The number of aromatic amines is 1. The first-order valence-corrected chi connectivity index (χ1v) is 5.47. The van der Waals surface area contributed by atoms with E-state index in [2.05, 4.69) is 15.0 Å². The lowest BCUT2D eigenvalue weighted by Gasteiger charge is -2.02. The minimum atomic E-state index is 0.272. The van der Waals surface area contributed by atoms with Crippen LogP contribution in [0.25, 0.3) is 22.3 Å². The number of halogens is 1. The van der Waals surface area contributed by atoms with Crippen molar-refractivity contribution < 1.29 is 0 Å². The maximum Gasteiger partial charge on any atom is 0.156 e. The first-order chi connectivity index (χ1) is 8.25. The molecule has 0 saturated carbocycles. The maximum atomic E-state index is 5.87. The van der Waals surface area contributed by atoms with Crippen LogP contribution in [-0.2, 0) is 0 Å². The van der Waals surface area contributed by atoms with Gasteiger partial charge >= 0.3 is 0 Å². The third-order valence-corrected chi connectivity index (χ3v) is 2.92. The smallest absolute Gasteiger partial charge is 0.156 e. The summed E-state index contributed by atoms with van der Waals surface area (Å²) in [5.41, 5.74) is 8.75. The van der Waals surface area contributed by atoms with E-state index in [1.54, 1.807) is 0 Å². The number of anilines is 1. The second-order valence-corrected chi connectivity index (χ2v) is 4.06. The first-order valence-electron chi connectivity index (χ1n) is 5.10. The van der Waals surface area contributed by atoms with Crippen molar-refractivity contribution in [3.8, 4) is 11.4 Å². The minimum Gasteiger partial charge on any atom is -0.394 e. The molecule has 4 nitrogen and oxygen atoms in total. The normalized spacial score (nSPS) is 10.9. The van der Waals surface area contributed by atoms with Crippen LogP contribution in [0.15, 0.2) is 36.7 Å². The molecule has 0 aliphatic carbocycles. The number of nitrogen functional groups attached to an aromatic ring is 1. The fourth-order valence-electron chi connectivity index (χ4n) is 1.79. The standard InChI is InChI=1S/C12H9ClN4/c13-12-10(14)11(15-6-16-12)9-5-7-3-1-2-4-8(7)17-9/h1-6,17H,14H2. The third kappa shape index (κ3) is 1.62. The van der Waals surface area contributed by atoms with E-state index in [4.69, 9.17) is 17.3 Å². The number of para-hydroxylation sites is 1. The van der Waals surface area contributed by atoms with Gasteiger partial charge in [-0.25, -0.2) is 9.97 Å². The summed E-state index contributed by atoms with van der Waals surface area (Å²) < 4.78 is 0. The molecule has 84 valence electrons. The lowest BCUT2D eigenvalue weighted by Crippen LogP contribution is -1.96. The summed E-state index contributed by atoms with van der Waals surface area (Å²) in [5.74, 6) is 0. The zero-order valence-corrected chi connectivity index (χ0v) is 9.57. The number of rotatable bonds is 1. The van der Waals surface area contributed by atoms with Gasteiger partial charge in [0.1, 0.15) is 12.0 Å². The monoisotopic (exact) mass is 244 g/mol. The Balaban J connectivity index is 2.24. The zero-order valence-electron chi connectivity index (χ0n) is 8.81. The van der Waals surface area contributed by atoms with Crippen molar-refractivity contribution in [2.45, 2.75) is 0 Å². The largest absolute Gasteiger partial charge is 0.394 e. The molecule has 3 rings (SSSR count). The van der Waals surface area contributed by atoms with E-state index >= 15 is 0 Å². The van der Waals surface area contributed by atoms with Crippen molar-refractivity contribution in [2.75, 3.05) is 5.73 Å². The number of nitrogens with zero attached hydrogens (tertiary/aromatic N) is 2. The lowest BCUT2D eigenvalue weighted by atomic mass is 10.2. The number of aromatic nitrogens is 3. The molecule has 17 heavy (non-hydrogen) atoms. The van der Waals surface area contributed by atoms with Crippen molar-refractivity contribution in [1.82, 2.24) is 15.0 Å². The molecule has 0 fully saturated rings. The Morgan fingerprint density at radius 3 is 2.82 bits per heavy atom. The van der Waals surface area contributed by atoms with Gasteiger partial charge in [0.15, 0.2) is 5.15 Å². The highest BCUT2D eigenvalue weighted by Gasteiger charge is 2.10. The Bertz CT molecular complexity index is 657. The van der Waals surface area contributed by atoms with E-state index < -0.39 is 0 Å². The van der Waals surface area contributed by atoms with Crippen LogP contribution in [0, 0.1) is 0 Å². The number of fused-ring (bicyclic) bond motifs is 1. The Kier molecular flexibility index (Phi) is 2.23. The molecule has 0 radical (unpaired) electrons. The van der Waals surface area contributed by atoms with Crippen LogP contribution in [0.5, 0.6) is 0 Å². The van der Waals surface area contributed by atoms with Crippen LogP contribution >= 0.6 is 11.6 Å². The first kappa shape index (κ1) is 10.1. The number of nitrogens with one attached hydrogen (secondary N) is 1. The van der Waals surface area contributed by atoms with Crippen LogP contribution < -0.4 is 5.73 Å². The van der Waals surface area contributed by atoms with Gasteiger partial charge in [-0.05, 0) is 12.1 Å². The summed E-state index contributed by atoms with van der Waals surface area (Å²) in [5, 5.41) is 1.38. The van der Waals surface area contributed by atoms with Crippen LogP contribution in [0.2, 0.25) is 5.15 Å². The predicted octanol–water partition coefficient (Wildman–Crippen LogP) is 2.86. The Morgan fingerprint density at radius 1 is 1.18 bits per heavy atom. The van der Waals surface area contributed by atoms with Gasteiger partial charge in [0.25, 0.3) is 0 Å². The summed E-state index contributed by atoms with van der Waals surface area (Å²) in [6.07, 6.45) is 1.40. The average molecular weight is 245 g/mol. The van der Waals surface area contributed by atoms with Crippen molar-refractivity contribution in [3.63, 3.8) is 0 Å². The number of hydrogen-bond acceptors (Lipinski definition) is 3. The predicted molar refractivity (Wildman–Crippen MR) is 68.7 cm³/mol. The molecule has 2 heterocycles. The summed E-state index contributed by atoms with van der Waals surface area (Å²) in [6, 6.07) is 9.96. The molecular weight excluding hydrogens is 236 g/mol. The Labute approximate surface area is 102 Å². The summed E-state index contributed by atoms with van der Waals surface area (Å²) in [6.45, 7) is 0. The van der Waals surface area contributed by atoms with Gasteiger partial charge in [0.2, 0.25) is 0 Å². The summed E-state index contributed by atoms with van der Waals surface area (Å²) in [7, 11) is 0. The Morgan fingerprint density at radius 2 is 2.00 bits per heavy atom. The maximum absolute atomic E-state index is 5.87. The molecule has 1 aromatic carbocycles. The number of benzene rings is 1. The molecule has 2 aromatic heterocycles. The quantitative estimate of drug-likeness (QED) is 0.647. The van der Waals surface area contributed by atoms with Crippen LogP contribution in [0.4, 0.5) is 5.69 Å². The number of H-pyrrole nitrogens is 1. The van der Waals surface area contributed by atoms with Gasteiger partial charge in [0, 0.05) is 10.9 Å². The highest BCUT2D eigenvalue weighted by Crippen LogP contribution is 2.29. The fraction of sp³-hybridized carbons (Fsp3) is 0. The van der Waals surface area contributed by atoms with Crippen molar-refractivity contribution in [1.29, 1.82) is 0 Å². The summed E-state index contributed by atoms with van der Waals surface area (Å²) in [4.78, 5) is 11.2. The molecule has 0 unspecified atom stereocenters. The van der Waals surface area contributed by atoms with Crippen LogP contribution in [0.3, 0.4) is 0 Å². The van der Waals surface area contributed by atoms with Gasteiger partial charge in [-0.1, -0.05) is 29.8 Å². The van der Waals surface area contributed by atoms with E-state index in [0.29, 0.717) is 11.4 Å². The molecule has 3 aromatic rings. The second-order valence-electron chi connectivity index (χ2n) is 3.70. The molecule has 0 amide bonds. The molecule has 0 aliphatic heterocycles. The van der Waals surface area contributed by atoms with Crippen molar-refractivity contribution in [2.24, 2.45) is 0 Å². The van der Waals surface area contributed by atoms with Gasteiger partial charge in [-0.2, -0.15) is 0 Å². The fourth-order valence-corrected chi connectivity index (χ4v) is 1.92. The average Bonchev–Trinajstić information content (AvgIpc) is 2.76. The van der Waals surface area contributed by atoms with Crippen molar-refractivity contribution >= 4 is 28.2 Å². The molecule has 5 heteroatoms. The van der Waals surface area contributed by atoms with E-state index in [9.17, 15) is 0 Å². The van der Waals surface area contributed by atoms with Gasteiger partial charge < -0.3 is 10.7 Å². The van der Waals surface area contributed by atoms with Crippen LogP contribution in [0.1, 0.15) is 0 Å². The molecular formula is C12H9ClN4. The molecule has 0 spiro atoms. The minimum absolute atomic E-state index is 0.272. The van der Waals surface area contributed by atoms with E-state index in [-0.39, 0.29) is 5.15 Å². The highest BCUT2D eigenvalue weighted by atomic mass is 35.5. The Hall–Kier alpha value is -2.07. The van der Waals surface area contributed by atoms with Gasteiger partial charge in [0.05, 0.1) is 11.4 Å². The molecule has 0 saturated heterocycles.